The molecule has 1 aliphatic rings. The van der Waals surface area contributed by atoms with Crippen LogP contribution in [-0.2, 0) is 22.7 Å². The van der Waals surface area contributed by atoms with Crippen LogP contribution in [-0.4, -0.2) is 23.4 Å². The van der Waals surface area contributed by atoms with Crippen LogP contribution in [0.2, 0.25) is 0 Å². The maximum atomic E-state index is 11.5. The summed E-state index contributed by atoms with van der Waals surface area (Å²) in [6.07, 6.45) is 0. The second-order valence-corrected chi connectivity index (χ2v) is 5.61. The number of thiophene rings is 1. The monoisotopic (exact) mass is 301 g/mol. The number of rotatable bonds is 5. The average Bonchev–Trinajstić information content (AvgIpc) is 2.94. The molecule has 0 saturated carbocycles. The molecule has 2 aromatic rings. The number of hydrogen-bond acceptors (Lipinski definition) is 5. The normalized spacial score (nSPS) is 13.7. The molecule has 108 valence electrons. The molecule has 21 heavy (non-hydrogen) atoms. The summed E-state index contributed by atoms with van der Waals surface area (Å²) in [5.74, 6) is -0.268. The van der Waals surface area contributed by atoms with Crippen molar-refractivity contribution in [1.29, 1.82) is 0 Å². The summed E-state index contributed by atoms with van der Waals surface area (Å²) in [5.41, 5.74) is 7.58. The number of primary amides is 1. The fraction of sp³-hybridized carbons (Fsp3) is 0.200. The Morgan fingerprint density at radius 3 is 2.90 bits per heavy atom. The minimum atomic E-state index is -0.530. The third kappa shape index (κ3) is 3.12. The van der Waals surface area contributed by atoms with E-state index in [-0.39, 0.29) is 12.6 Å². The van der Waals surface area contributed by atoms with Crippen molar-refractivity contribution in [3.63, 3.8) is 0 Å². The predicted octanol–water partition coefficient (Wildman–Crippen LogP) is 2.25. The van der Waals surface area contributed by atoms with Crippen LogP contribution < -0.4 is 5.73 Å². The van der Waals surface area contributed by atoms with Crippen LogP contribution in [0.4, 0.5) is 5.00 Å². The van der Waals surface area contributed by atoms with Gasteiger partial charge < -0.3 is 15.4 Å². The lowest BCUT2D eigenvalue weighted by atomic mass is 10.2. The van der Waals surface area contributed by atoms with Crippen LogP contribution in [0.5, 0.6) is 0 Å². The maximum Gasteiger partial charge on any atom is 0.284 e. The summed E-state index contributed by atoms with van der Waals surface area (Å²) in [7, 11) is 0. The van der Waals surface area contributed by atoms with E-state index in [0.29, 0.717) is 13.2 Å². The van der Waals surface area contributed by atoms with E-state index in [2.05, 4.69) is 4.99 Å². The number of amidine groups is 1. The van der Waals surface area contributed by atoms with Crippen molar-refractivity contribution in [3.8, 4) is 0 Å². The Hall–Kier alpha value is -2.18. The van der Waals surface area contributed by atoms with Crippen LogP contribution in [0.1, 0.15) is 11.1 Å². The van der Waals surface area contributed by atoms with E-state index in [1.54, 1.807) is 4.90 Å². The lowest BCUT2D eigenvalue weighted by molar-refractivity contribution is -0.113. The zero-order chi connectivity index (χ0) is 14.7. The molecule has 6 heteroatoms. The molecule has 1 aliphatic heterocycles. The molecule has 0 atom stereocenters. The second kappa shape index (κ2) is 6.07. The van der Waals surface area contributed by atoms with Gasteiger partial charge in [-0.05, 0) is 17.0 Å². The summed E-state index contributed by atoms with van der Waals surface area (Å²) >= 11 is 1.51. The molecule has 5 nitrogen and oxygen atoms in total. The quantitative estimate of drug-likeness (QED) is 0.921. The lowest BCUT2D eigenvalue weighted by Crippen LogP contribution is -2.42. The zero-order valence-corrected chi connectivity index (χ0v) is 12.2. The fourth-order valence-electron chi connectivity index (χ4n) is 2.16. The number of hydrogen-bond donors (Lipinski definition) is 1. The Labute approximate surface area is 126 Å². The third-order valence-corrected chi connectivity index (χ3v) is 4.02. The van der Waals surface area contributed by atoms with E-state index in [4.69, 9.17) is 10.5 Å². The number of amides is 1. The number of carbonyl (C=O) groups excluding carboxylic acids is 1. The van der Waals surface area contributed by atoms with E-state index in [1.807, 2.05) is 41.8 Å². The predicted molar refractivity (Wildman–Crippen MR) is 82.2 cm³/mol. The molecule has 0 spiro atoms. The SMILES string of the molecule is NC(=O)C1=Nc2sccc2CN1COCc1ccccc1. The highest BCUT2D eigenvalue weighted by molar-refractivity contribution is 7.14. The van der Waals surface area contributed by atoms with Crippen LogP contribution in [0.3, 0.4) is 0 Å². The molecule has 1 aromatic heterocycles. The Balaban J connectivity index is 1.66. The second-order valence-electron chi connectivity index (χ2n) is 4.71. The summed E-state index contributed by atoms with van der Waals surface area (Å²) in [6.45, 7) is 1.36. The summed E-state index contributed by atoms with van der Waals surface area (Å²) in [5, 5.41) is 2.81. The molecule has 0 unspecified atom stereocenters. The van der Waals surface area contributed by atoms with Gasteiger partial charge in [-0.25, -0.2) is 4.99 Å². The van der Waals surface area contributed by atoms with E-state index < -0.39 is 5.91 Å². The first-order valence-corrected chi connectivity index (χ1v) is 7.43. The average molecular weight is 301 g/mol. The van der Waals surface area contributed by atoms with E-state index in [0.717, 1.165) is 16.1 Å². The van der Waals surface area contributed by atoms with Crippen molar-refractivity contribution in [2.45, 2.75) is 13.2 Å². The van der Waals surface area contributed by atoms with Gasteiger partial charge in [-0.2, -0.15) is 0 Å². The maximum absolute atomic E-state index is 11.5. The highest BCUT2D eigenvalue weighted by Crippen LogP contribution is 2.31. The lowest BCUT2D eigenvalue weighted by Gasteiger charge is -2.27. The van der Waals surface area contributed by atoms with Gasteiger partial charge in [-0.15, -0.1) is 11.3 Å². The minimum Gasteiger partial charge on any atom is -0.363 e. The van der Waals surface area contributed by atoms with Gasteiger partial charge in [0.2, 0.25) is 0 Å². The van der Waals surface area contributed by atoms with Crippen LogP contribution >= 0.6 is 11.3 Å². The highest BCUT2D eigenvalue weighted by atomic mass is 32.1. The molecule has 1 aromatic carbocycles. The van der Waals surface area contributed by atoms with Gasteiger partial charge in [0, 0.05) is 12.1 Å². The molecule has 3 rings (SSSR count). The minimum absolute atomic E-state index is 0.262. The number of nitrogens with two attached hydrogens (primary N) is 1. The highest BCUT2D eigenvalue weighted by Gasteiger charge is 2.24. The zero-order valence-electron chi connectivity index (χ0n) is 11.4. The van der Waals surface area contributed by atoms with Crippen molar-refractivity contribution in [1.82, 2.24) is 4.90 Å². The molecule has 0 radical (unpaired) electrons. The third-order valence-electron chi connectivity index (χ3n) is 3.17. The van der Waals surface area contributed by atoms with Gasteiger partial charge in [0.1, 0.15) is 11.7 Å². The van der Waals surface area contributed by atoms with E-state index >= 15 is 0 Å². The molecule has 0 saturated heterocycles. The molecule has 1 amide bonds. The van der Waals surface area contributed by atoms with Gasteiger partial charge in [0.05, 0.1) is 6.61 Å². The van der Waals surface area contributed by atoms with Crippen molar-refractivity contribution in [3.05, 3.63) is 52.9 Å². The van der Waals surface area contributed by atoms with Crippen molar-refractivity contribution in [2.75, 3.05) is 6.73 Å². The van der Waals surface area contributed by atoms with Gasteiger partial charge in [0.15, 0.2) is 5.84 Å². The van der Waals surface area contributed by atoms with Gasteiger partial charge in [0.25, 0.3) is 5.91 Å². The first-order chi connectivity index (χ1) is 10.2. The van der Waals surface area contributed by atoms with E-state index in [9.17, 15) is 4.79 Å². The van der Waals surface area contributed by atoms with Gasteiger partial charge in [-0.3, -0.25) is 4.79 Å². The Morgan fingerprint density at radius 1 is 1.33 bits per heavy atom. The molecule has 2 heterocycles. The number of fused-ring (bicyclic) bond motifs is 1. The van der Waals surface area contributed by atoms with Crippen LogP contribution in [0, 0.1) is 0 Å². The van der Waals surface area contributed by atoms with Crippen molar-refractivity contribution < 1.29 is 9.53 Å². The number of ether oxygens (including phenoxy) is 1. The summed E-state index contributed by atoms with van der Waals surface area (Å²) < 4.78 is 5.67. The Morgan fingerprint density at radius 2 is 2.14 bits per heavy atom. The number of carbonyl (C=O) groups is 1. The first kappa shape index (κ1) is 13.8. The Kier molecular flexibility index (Phi) is 3.98. The van der Waals surface area contributed by atoms with Gasteiger partial charge in [-0.1, -0.05) is 30.3 Å². The first-order valence-electron chi connectivity index (χ1n) is 6.55. The fourth-order valence-corrected chi connectivity index (χ4v) is 2.94. The Bertz CT molecular complexity index is 667. The molecule has 0 bridgehead atoms. The van der Waals surface area contributed by atoms with Gasteiger partial charge >= 0.3 is 0 Å². The number of benzene rings is 1. The smallest absolute Gasteiger partial charge is 0.284 e. The van der Waals surface area contributed by atoms with Crippen LogP contribution in [0.25, 0.3) is 0 Å². The van der Waals surface area contributed by atoms with Crippen molar-refractivity contribution in [2.24, 2.45) is 10.7 Å². The summed E-state index contributed by atoms with van der Waals surface area (Å²) in [6, 6.07) is 11.9. The number of nitrogens with zero attached hydrogens (tertiary/aromatic N) is 2. The van der Waals surface area contributed by atoms with Crippen molar-refractivity contribution >= 4 is 28.1 Å². The standard InChI is InChI=1S/C15H15N3O2S/c16-13(19)14-17-15-12(6-7-21-15)8-18(14)10-20-9-11-4-2-1-3-5-11/h1-7H,8-10H2,(H2,16,19). The molecule has 2 N–H and O–H groups in total. The van der Waals surface area contributed by atoms with E-state index in [1.165, 1.54) is 11.3 Å². The topological polar surface area (TPSA) is 67.9 Å². The largest absolute Gasteiger partial charge is 0.363 e. The molecular formula is C15H15N3O2S. The summed E-state index contributed by atoms with van der Waals surface area (Å²) in [4.78, 5) is 17.6. The number of aliphatic imine (C=N–C) groups is 1. The van der Waals surface area contributed by atoms with Crippen LogP contribution in [0.15, 0.2) is 46.8 Å². The molecule has 0 aliphatic carbocycles. The molecular weight excluding hydrogens is 286 g/mol. The molecule has 0 fully saturated rings.